The lowest BCUT2D eigenvalue weighted by atomic mass is 9.99. The molecule has 2 heteroatoms. The Morgan fingerprint density at radius 2 is 1.63 bits per heavy atom. The summed E-state index contributed by atoms with van der Waals surface area (Å²) in [4.78, 5) is 2.41. The van der Waals surface area contributed by atoms with Gasteiger partial charge in [0.15, 0.2) is 0 Å². The van der Waals surface area contributed by atoms with Crippen molar-refractivity contribution >= 4 is 0 Å². The summed E-state index contributed by atoms with van der Waals surface area (Å²) in [6.45, 7) is 13.1. The normalized spacial score (nSPS) is 13.5. The van der Waals surface area contributed by atoms with Crippen molar-refractivity contribution in [3.8, 4) is 0 Å². The Bertz CT molecular complexity index is 354. The Kier molecular flexibility index (Phi) is 6.53. The molecule has 1 rings (SSSR count). The molecule has 0 amide bonds. The fraction of sp³-hybridized carbons (Fsp3) is 0.647. The van der Waals surface area contributed by atoms with Crippen LogP contribution in [0.5, 0.6) is 0 Å². The van der Waals surface area contributed by atoms with Crippen LogP contribution in [-0.4, -0.2) is 24.0 Å². The summed E-state index contributed by atoms with van der Waals surface area (Å²) < 4.78 is 0. The van der Waals surface area contributed by atoms with E-state index in [4.69, 9.17) is 5.73 Å². The van der Waals surface area contributed by atoms with Crippen LogP contribution in [0, 0.1) is 5.92 Å². The molecule has 108 valence electrons. The zero-order valence-corrected chi connectivity index (χ0v) is 13.2. The molecule has 0 saturated heterocycles. The molecule has 1 unspecified atom stereocenters. The van der Waals surface area contributed by atoms with E-state index in [-0.39, 0.29) is 6.04 Å². The van der Waals surface area contributed by atoms with Gasteiger partial charge in [0.05, 0.1) is 0 Å². The van der Waals surface area contributed by atoms with E-state index in [1.807, 2.05) is 0 Å². The third kappa shape index (κ3) is 5.33. The third-order valence-electron chi connectivity index (χ3n) is 3.62. The molecule has 19 heavy (non-hydrogen) atoms. The van der Waals surface area contributed by atoms with Gasteiger partial charge in [-0.25, -0.2) is 0 Å². The first-order valence-corrected chi connectivity index (χ1v) is 7.52. The lowest BCUT2D eigenvalue weighted by Gasteiger charge is -2.28. The maximum Gasteiger partial charge on any atom is 0.0424 e. The first-order chi connectivity index (χ1) is 8.93. The molecule has 1 aromatic carbocycles. The molecule has 0 spiro atoms. The molecule has 1 atom stereocenters. The minimum Gasteiger partial charge on any atom is -0.323 e. The number of nitrogens with two attached hydrogens (primary N) is 1. The molecule has 0 aliphatic carbocycles. The fourth-order valence-corrected chi connectivity index (χ4v) is 2.44. The largest absolute Gasteiger partial charge is 0.323 e. The summed E-state index contributed by atoms with van der Waals surface area (Å²) in [5, 5.41) is 0. The van der Waals surface area contributed by atoms with Crippen LogP contribution in [0.1, 0.15) is 51.8 Å². The predicted octanol–water partition coefficient (Wildman–Crippen LogP) is 3.62. The zero-order chi connectivity index (χ0) is 14.4. The SMILES string of the molecule is CCN(CC(N)c1ccc(CC(C)C)cc1)C(C)C. The van der Waals surface area contributed by atoms with Crippen LogP contribution in [0.2, 0.25) is 0 Å². The number of hydrogen-bond acceptors (Lipinski definition) is 2. The maximum atomic E-state index is 6.32. The van der Waals surface area contributed by atoms with E-state index >= 15 is 0 Å². The molecule has 2 N–H and O–H groups in total. The van der Waals surface area contributed by atoms with Crippen molar-refractivity contribution in [3.63, 3.8) is 0 Å². The third-order valence-corrected chi connectivity index (χ3v) is 3.62. The molecule has 0 radical (unpaired) electrons. The summed E-state index contributed by atoms with van der Waals surface area (Å²) in [6.07, 6.45) is 1.14. The van der Waals surface area contributed by atoms with Crippen molar-refractivity contribution in [2.75, 3.05) is 13.1 Å². The standard InChI is InChI=1S/C17H30N2/c1-6-19(14(4)5)12-17(18)16-9-7-15(8-10-16)11-13(2)3/h7-10,13-14,17H,6,11-12,18H2,1-5H3. The van der Waals surface area contributed by atoms with Crippen LogP contribution < -0.4 is 5.73 Å². The fourth-order valence-electron chi connectivity index (χ4n) is 2.44. The highest BCUT2D eigenvalue weighted by Gasteiger charge is 2.13. The molecule has 2 nitrogen and oxygen atoms in total. The van der Waals surface area contributed by atoms with E-state index in [9.17, 15) is 0 Å². The van der Waals surface area contributed by atoms with Crippen LogP contribution in [0.15, 0.2) is 24.3 Å². The smallest absolute Gasteiger partial charge is 0.0424 e. The minimum absolute atomic E-state index is 0.107. The van der Waals surface area contributed by atoms with Gasteiger partial charge in [0.2, 0.25) is 0 Å². The molecular weight excluding hydrogens is 232 g/mol. The zero-order valence-electron chi connectivity index (χ0n) is 13.2. The number of benzene rings is 1. The Morgan fingerprint density at radius 1 is 1.05 bits per heavy atom. The van der Waals surface area contributed by atoms with Crippen molar-refractivity contribution in [2.45, 2.75) is 53.1 Å². The Morgan fingerprint density at radius 3 is 2.05 bits per heavy atom. The summed E-state index contributed by atoms with van der Waals surface area (Å²) in [7, 11) is 0. The Labute approximate surface area is 119 Å². The van der Waals surface area contributed by atoms with Crippen LogP contribution in [0.3, 0.4) is 0 Å². The van der Waals surface area contributed by atoms with Gasteiger partial charge in [-0.2, -0.15) is 0 Å². The molecule has 0 saturated carbocycles. The molecule has 0 aromatic heterocycles. The highest BCUT2D eigenvalue weighted by molar-refractivity contribution is 5.25. The topological polar surface area (TPSA) is 29.3 Å². The molecular formula is C17H30N2. The van der Waals surface area contributed by atoms with E-state index in [1.165, 1.54) is 11.1 Å². The van der Waals surface area contributed by atoms with E-state index in [0.717, 1.165) is 19.5 Å². The van der Waals surface area contributed by atoms with Crippen LogP contribution in [0.25, 0.3) is 0 Å². The van der Waals surface area contributed by atoms with E-state index in [0.29, 0.717) is 12.0 Å². The number of rotatable bonds is 7. The molecule has 1 aromatic rings. The van der Waals surface area contributed by atoms with Crippen molar-refractivity contribution < 1.29 is 0 Å². The highest BCUT2D eigenvalue weighted by Crippen LogP contribution is 2.16. The maximum absolute atomic E-state index is 6.32. The van der Waals surface area contributed by atoms with Gasteiger partial charge >= 0.3 is 0 Å². The average Bonchev–Trinajstić information content (AvgIpc) is 2.35. The minimum atomic E-state index is 0.107. The Balaban J connectivity index is 2.64. The van der Waals surface area contributed by atoms with Gasteiger partial charge in [-0.1, -0.05) is 45.0 Å². The van der Waals surface area contributed by atoms with E-state index in [2.05, 4.69) is 63.8 Å². The molecule has 0 fully saturated rings. The van der Waals surface area contributed by atoms with E-state index < -0.39 is 0 Å². The predicted molar refractivity (Wildman–Crippen MR) is 84.3 cm³/mol. The second-order valence-corrected chi connectivity index (χ2v) is 6.13. The van der Waals surface area contributed by atoms with Crippen molar-refractivity contribution in [1.29, 1.82) is 0 Å². The summed E-state index contributed by atoms with van der Waals surface area (Å²) >= 11 is 0. The molecule has 0 heterocycles. The van der Waals surface area contributed by atoms with Gasteiger partial charge in [-0.3, -0.25) is 4.90 Å². The first-order valence-electron chi connectivity index (χ1n) is 7.52. The number of hydrogen-bond donors (Lipinski definition) is 1. The monoisotopic (exact) mass is 262 g/mol. The van der Waals surface area contributed by atoms with Gasteiger partial charge in [-0.15, -0.1) is 0 Å². The van der Waals surface area contributed by atoms with Crippen LogP contribution in [0.4, 0.5) is 0 Å². The second-order valence-electron chi connectivity index (χ2n) is 6.13. The van der Waals surface area contributed by atoms with Gasteiger partial charge < -0.3 is 5.73 Å². The van der Waals surface area contributed by atoms with Crippen LogP contribution >= 0.6 is 0 Å². The van der Waals surface area contributed by atoms with Gasteiger partial charge in [0.1, 0.15) is 0 Å². The lowest BCUT2D eigenvalue weighted by molar-refractivity contribution is 0.220. The van der Waals surface area contributed by atoms with Crippen LogP contribution in [-0.2, 0) is 6.42 Å². The first kappa shape index (κ1) is 16.2. The molecule has 0 aliphatic rings. The second kappa shape index (κ2) is 7.66. The van der Waals surface area contributed by atoms with Gasteiger partial charge in [0.25, 0.3) is 0 Å². The van der Waals surface area contributed by atoms with Crippen molar-refractivity contribution in [2.24, 2.45) is 11.7 Å². The molecule has 0 bridgehead atoms. The highest BCUT2D eigenvalue weighted by atomic mass is 15.1. The van der Waals surface area contributed by atoms with Gasteiger partial charge in [0, 0.05) is 18.6 Å². The number of nitrogens with zero attached hydrogens (tertiary/aromatic N) is 1. The van der Waals surface area contributed by atoms with E-state index in [1.54, 1.807) is 0 Å². The average molecular weight is 262 g/mol. The number of likely N-dealkylation sites (N-methyl/N-ethyl adjacent to an activating group) is 1. The van der Waals surface area contributed by atoms with Crippen molar-refractivity contribution in [1.82, 2.24) is 4.90 Å². The molecule has 0 aliphatic heterocycles. The lowest BCUT2D eigenvalue weighted by Crippen LogP contribution is -2.36. The van der Waals surface area contributed by atoms with Crippen molar-refractivity contribution in [3.05, 3.63) is 35.4 Å². The Hall–Kier alpha value is -0.860. The summed E-state index contributed by atoms with van der Waals surface area (Å²) in [6, 6.07) is 9.49. The summed E-state index contributed by atoms with van der Waals surface area (Å²) in [5.74, 6) is 0.705. The quantitative estimate of drug-likeness (QED) is 0.813. The van der Waals surface area contributed by atoms with Gasteiger partial charge in [-0.05, 0) is 43.9 Å². The summed E-state index contributed by atoms with van der Waals surface area (Å²) in [5.41, 5.74) is 8.97.